The van der Waals surface area contributed by atoms with Gasteiger partial charge in [0.2, 0.25) is 0 Å². The highest BCUT2D eigenvalue weighted by Gasteiger charge is 2.34. The van der Waals surface area contributed by atoms with Crippen LogP contribution < -0.4 is 4.90 Å². The van der Waals surface area contributed by atoms with E-state index >= 15 is 0 Å². The number of amides is 2. The van der Waals surface area contributed by atoms with Gasteiger partial charge in [0.1, 0.15) is 5.82 Å². The van der Waals surface area contributed by atoms with Gasteiger partial charge < -0.3 is 9.64 Å². The molecule has 1 aromatic rings. The quantitative estimate of drug-likeness (QED) is 0.856. The fraction of sp³-hybridized carbons (Fsp3) is 0.600. The molecule has 3 rings (SSSR count). The Labute approximate surface area is 132 Å². The number of urea groups is 1. The Kier molecular flexibility index (Phi) is 4.43. The number of ether oxygens (including phenoxy) is 1. The van der Waals surface area contributed by atoms with Crippen LogP contribution in [0.15, 0.2) is 18.3 Å². The van der Waals surface area contributed by atoms with E-state index in [2.05, 4.69) is 4.98 Å². The summed E-state index contributed by atoms with van der Waals surface area (Å²) in [6.45, 7) is 2.19. The molecule has 1 aromatic heterocycles. The zero-order chi connectivity index (χ0) is 16.4. The first-order valence-corrected chi connectivity index (χ1v) is 7.66. The van der Waals surface area contributed by atoms with Gasteiger partial charge in [-0.2, -0.15) is 13.2 Å². The van der Waals surface area contributed by atoms with Crippen LogP contribution in [0.3, 0.4) is 0 Å². The highest BCUT2D eigenvalue weighted by Crippen LogP contribution is 2.30. The van der Waals surface area contributed by atoms with Gasteiger partial charge in [0.05, 0.1) is 11.7 Å². The maximum atomic E-state index is 12.6. The molecule has 1 atom stereocenters. The lowest BCUT2D eigenvalue weighted by atomic mass is 10.1. The molecule has 8 heteroatoms. The minimum absolute atomic E-state index is 0.0493. The summed E-state index contributed by atoms with van der Waals surface area (Å²) in [5.74, 6) is 0.245. The molecule has 0 aliphatic carbocycles. The Balaban J connectivity index is 1.64. The summed E-state index contributed by atoms with van der Waals surface area (Å²) in [4.78, 5) is 19.3. The first kappa shape index (κ1) is 16.0. The second kappa shape index (κ2) is 6.35. The summed E-state index contributed by atoms with van der Waals surface area (Å²) in [5, 5.41) is 0. The molecule has 0 bridgehead atoms. The lowest BCUT2D eigenvalue weighted by Gasteiger charge is -2.27. The molecule has 2 saturated heterocycles. The predicted octanol–water partition coefficient (Wildman–Crippen LogP) is 2.91. The molecule has 23 heavy (non-hydrogen) atoms. The van der Waals surface area contributed by atoms with Crippen LogP contribution in [0.25, 0.3) is 0 Å². The summed E-state index contributed by atoms with van der Waals surface area (Å²) in [6, 6.07) is 1.95. The number of aromatic nitrogens is 1. The fourth-order valence-corrected chi connectivity index (χ4v) is 2.88. The average Bonchev–Trinajstić information content (AvgIpc) is 2.89. The van der Waals surface area contributed by atoms with Gasteiger partial charge in [-0.15, -0.1) is 0 Å². The smallest absolute Gasteiger partial charge is 0.376 e. The molecule has 3 heterocycles. The Morgan fingerprint density at radius 3 is 2.70 bits per heavy atom. The molecule has 126 valence electrons. The third-order valence-electron chi connectivity index (χ3n) is 4.14. The summed E-state index contributed by atoms with van der Waals surface area (Å²) in [6.07, 6.45) is -0.542. The molecular formula is C15H18F3N3O2. The van der Waals surface area contributed by atoms with Crippen molar-refractivity contribution in [3.05, 3.63) is 23.9 Å². The van der Waals surface area contributed by atoms with E-state index in [9.17, 15) is 18.0 Å². The summed E-state index contributed by atoms with van der Waals surface area (Å²) in [5.41, 5.74) is -0.819. The number of carbonyl (C=O) groups is 1. The van der Waals surface area contributed by atoms with Crippen LogP contribution in [-0.4, -0.2) is 48.3 Å². The van der Waals surface area contributed by atoms with E-state index in [1.807, 2.05) is 0 Å². The van der Waals surface area contributed by atoms with Crippen molar-refractivity contribution >= 4 is 11.8 Å². The molecular weight excluding hydrogens is 311 g/mol. The minimum atomic E-state index is -4.43. The molecule has 2 amide bonds. The predicted molar refractivity (Wildman–Crippen MR) is 77.1 cm³/mol. The van der Waals surface area contributed by atoms with Gasteiger partial charge in [0.25, 0.3) is 0 Å². The molecule has 5 nitrogen and oxygen atoms in total. The van der Waals surface area contributed by atoms with Crippen LogP contribution >= 0.6 is 0 Å². The van der Waals surface area contributed by atoms with Crippen molar-refractivity contribution in [2.45, 2.75) is 31.5 Å². The minimum Gasteiger partial charge on any atom is -0.376 e. The number of anilines is 1. The standard InChI is InChI=1S/C15H18F3N3O2/c16-15(17,18)11-4-5-13(19-9-11)21-7-6-20(14(21)22)10-12-3-1-2-8-23-12/h4-5,9,12H,1-3,6-8,10H2. The first-order valence-electron chi connectivity index (χ1n) is 7.66. The van der Waals surface area contributed by atoms with Gasteiger partial charge in [-0.05, 0) is 31.4 Å². The zero-order valence-corrected chi connectivity index (χ0v) is 12.6. The van der Waals surface area contributed by atoms with Crippen molar-refractivity contribution in [2.75, 3.05) is 31.1 Å². The van der Waals surface area contributed by atoms with Crippen molar-refractivity contribution < 1.29 is 22.7 Å². The van der Waals surface area contributed by atoms with Gasteiger partial charge in [-0.1, -0.05) is 0 Å². The van der Waals surface area contributed by atoms with E-state index in [0.717, 1.165) is 38.1 Å². The van der Waals surface area contributed by atoms with E-state index in [1.54, 1.807) is 4.90 Å². The topological polar surface area (TPSA) is 45.7 Å². The molecule has 1 unspecified atom stereocenters. The highest BCUT2D eigenvalue weighted by atomic mass is 19.4. The number of hydrogen-bond donors (Lipinski definition) is 0. The Hall–Kier alpha value is -1.83. The van der Waals surface area contributed by atoms with Crippen LogP contribution in [0.5, 0.6) is 0 Å². The highest BCUT2D eigenvalue weighted by molar-refractivity contribution is 5.93. The van der Waals surface area contributed by atoms with Crippen molar-refractivity contribution in [3.63, 3.8) is 0 Å². The Morgan fingerprint density at radius 2 is 2.09 bits per heavy atom. The molecule has 0 N–H and O–H groups in total. The van der Waals surface area contributed by atoms with Crippen molar-refractivity contribution in [3.8, 4) is 0 Å². The Morgan fingerprint density at radius 1 is 1.26 bits per heavy atom. The number of hydrogen-bond acceptors (Lipinski definition) is 3. The van der Waals surface area contributed by atoms with E-state index < -0.39 is 11.7 Å². The van der Waals surface area contributed by atoms with E-state index in [4.69, 9.17) is 4.74 Å². The monoisotopic (exact) mass is 329 g/mol. The maximum Gasteiger partial charge on any atom is 0.417 e. The maximum absolute atomic E-state index is 12.6. The third-order valence-corrected chi connectivity index (χ3v) is 4.14. The second-order valence-corrected chi connectivity index (χ2v) is 5.77. The molecule has 2 aliphatic rings. The summed E-state index contributed by atoms with van der Waals surface area (Å²) >= 11 is 0. The number of alkyl halides is 3. The van der Waals surface area contributed by atoms with Crippen LogP contribution in [0.2, 0.25) is 0 Å². The lowest BCUT2D eigenvalue weighted by Crippen LogP contribution is -2.39. The Bertz CT molecular complexity index is 556. The van der Waals surface area contributed by atoms with Crippen LogP contribution in [0.4, 0.5) is 23.8 Å². The zero-order valence-electron chi connectivity index (χ0n) is 12.6. The van der Waals surface area contributed by atoms with Gasteiger partial charge >= 0.3 is 12.2 Å². The SMILES string of the molecule is O=C1N(CC2CCCCO2)CCN1c1ccc(C(F)(F)F)cn1. The average molecular weight is 329 g/mol. The molecule has 0 saturated carbocycles. The van der Waals surface area contributed by atoms with Crippen molar-refractivity contribution in [2.24, 2.45) is 0 Å². The molecule has 0 aromatic carbocycles. The summed E-state index contributed by atoms with van der Waals surface area (Å²) in [7, 11) is 0. The number of halogens is 3. The normalized spacial score (nSPS) is 22.7. The third kappa shape index (κ3) is 3.57. The van der Waals surface area contributed by atoms with Gasteiger partial charge in [-0.3, -0.25) is 4.90 Å². The number of pyridine rings is 1. The molecule has 2 aliphatic heterocycles. The van der Waals surface area contributed by atoms with Crippen LogP contribution in [-0.2, 0) is 10.9 Å². The lowest BCUT2D eigenvalue weighted by molar-refractivity contribution is -0.137. The second-order valence-electron chi connectivity index (χ2n) is 5.77. The van der Waals surface area contributed by atoms with Gasteiger partial charge in [0.15, 0.2) is 0 Å². The first-order chi connectivity index (χ1) is 10.9. The number of nitrogens with zero attached hydrogens (tertiary/aromatic N) is 3. The van der Waals surface area contributed by atoms with E-state index in [1.165, 1.54) is 11.0 Å². The van der Waals surface area contributed by atoms with Gasteiger partial charge in [0, 0.05) is 32.4 Å². The molecule has 0 radical (unpaired) electrons. The number of rotatable bonds is 3. The fourth-order valence-electron chi connectivity index (χ4n) is 2.88. The number of carbonyl (C=O) groups excluding carboxylic acids is 1. The van der Waals surface area contributed by atoms with Crippen LogP contribution in [0.1, 0.15) is 24.8 Å². The largest absolute Gasteiger partial charge is 0.417 e. The van der Waals surface area contributed by atoms with E-state index in [0.29, 0.717) is 19.6 Å². The van der Waals surface area contributed by atoms with Gasteiger partial charge in [-0.25, -0.2) is 9.78 Å². The van der Waals surface area contributed by atoms with Crippen LogP contribution in [0, 0.1) is 0 Å². The summed E-state index contributed by atoms with van der Waals surface area (Å²) < 4.78 is 43.3. The molecule has 0 spiro atoms. The van der Waals surface area contributed by atoms with Crippen molar-refractivity contribution in [1.29, 1.82) is 0 Å². The van der Waals surface area contributed by atoms with E-state index in [-0.39, 0.29) is 18.0 Å². The molecule has 2 fully saturated rings. The van der Waals surface area contributed by atoms with Crippen molar-refractivity contribution in [1.82, 2.24) is 9.88 Å².